The van der Waals surface area contributed by atoms with Crippen molar-refractivity contribution >= 4 is 113 Å². The topological polar surface area (TPSA) is 6.48 Å². The Morgan fingerprint density at radius 3 is 0.692 bits per heavy atom. The molecule has 0 heterocycles. The van der Waals surface area contributed by atoms with Crippen LogP contribution in [0.4, 0.5) is 0 Å². The first-order chi connectivity index (χ1) is 11.3. The van der Waals surface area contributed by atoms with Crippen molar-refractivity contribution in [2.24, 2.45) is 0 Å². The number of hydrogen-bond donors (Lipinski definition) is 0. The average Bonchev–Trinajstić information content (AvgIpc) is 2.34. The summed E-state index contributed by atoms with van der Waals surface area (Å²) in [7, 11) is 0. The molecule has 0 aromatic carbocycles. The van der Waals surface area contributed by atoms with Gasteiger partial charge in [0.15, 0.2) is 0 Å². The summed E-state index contributed by atoms with van der Waals surface area (Å²) < 4.78 is 3.89. The summed E-state index contributed by atoms with van der Waals surface area (Å²) in [6.45, 7) is 15.9. The molecule has 158 valence electrons. The van der Waals surface area contributed by atoms with Crippen molar-refractivity contribution in [2.45, 2.75) is 79.6 Å². The number of nitrogens with zero attached hydrogens (tertiary/aromatic N) is 2. The Balaban J connectivity index is 6.38. The van der Waals surface area contributed by atoms with Crippen LogP contribution in [0.15, 0.2) is 0 Å². The van der Waals surface area contributed by atoms with Crippen LogP contribution in [-0.4, -0.2) is 57.5 Å². The van der Waals surface area contributed by atoms with E-state index in [1.165, 1.54) is 0 Å². The molecule has 0 fully saturated rings. The van der Waals surface area contributed by atoms with Gasteiger partial charge in [0.05, 0.1) is 0 Å². The maximum atomic E-state index is 6.94. The highest BCUT2D eigenvalue weighted by molar-refractivity contribution is 8.26. The van der Waals surface area contributed by atoms with E-state index in [-0.39, 0.29) is 24.2 Å². The zero-order valence-corrected chi connectivity index (χ0v) is 26.3. The molecule has 0 aliphatic carbocycles. The van der Waals surface area contributed by atoms with Crippen LogP contribution in [0, 0.1) is 0 Å². The monoisotopic (exact) mass is 592 g/mol. The SMILES string of the molecule is CC(C)N(C(C)C)[Si](Cl)(Cl)[Si](Cl)(Cl)[Si](Cl)(Cl)[Si](Cl)(Cl)N(C(C)C)C(C)C. The van der Waals surface area contributed by atoms with Crippen LogP contribution in [0.3, 0.4) is 0 Å². The van der Waals surface area contributed by atoms with Crippen LogP contribution >= 0.6 is 88.6 Å². The largest absolute Gasteiger partial charge is 0.342 e. The van der Waals surface area contributed by atoms with Crippen LogP contribution in [0.2, 0.25) is 0 Å². The highest BCUT2D eigenvalue weighted by Gasteiger charge is 2.79. The standard InChI is InChI=1S/C12H28Cl8N2Si4/c1-9(2)21(10(3)4)23(13,14)25(17,18)26(19,20)24(15,16)22(11(5)6)12(7)8/h9-12H,1-8H3. The molecule has 0 aliphatic heterocycles. The zero-order chi connectivity index (χ0) is 21.5. The van der Waals surface area contributed by atoms with Gasteiger partial charge in [-0.25, -0.2) is 0 Å². The summed E-state index contributed by atoms with van der Waals surface area (Å²) in [5.41, 5.74) is -7.34. The van der Waals surface area contributed by atoms with Crippen molar-refractivity contribution in [2.75, 3.05) is 0 Å². The van der Waals surface area contributed by atoms with Gasteiger partial charge in [-0.1, -0.05) is 55.4 Å². The quantitative estimate of drug-likeness (QED) is 0.207. The van der Waals surface area contributed by atoms with Crippen LogP contribution in [0.5, 0.6) is 0 Å². The molecular formula is C12H28Cl8N2Si4. The highest BCUT2D eigenvalue weighted by Crippen LogP contribution is 2.53. The van der Waals surface area contributed by atoms with E-state index in [1.807, 2.05) is 64.5 Å². The van der Waals surface area contributed by atoms with Crippen LogP contribution in [0.1, 0.15) is 55.4 Å². The lowest BCUT2D eigenvalue weighted by Gasteiger charge is -2.50. The van der Waals surface area contributed by atoms with Crippen LogP contribution in [0.25, 0.3) is 0 Å². The van der Waals surface area contributed by atoms with Crippen molar-refractivity contribution in [1.29, 1.82) is 0 Å². The maximum Gasteiger partial charge on any atom is 0.342 e. The minimum atomic E-state index is -3.67. The zero-order valence-electron chi connectivity index (χ0n) is 16.2. The predicted molar refractivity (Wildman–Crippen MR) is 134 cm³/mol. The van der Waals surface area contributed by atoms with Crippen LogP contribution in [-0.2, 0) is 0 Å². The van der Waals surface area contributed by atoms with E-state index in [0.717, 1.165) is 0 Å². The predicted octanol–water partition coefficient (Wildman–Crippen LogP) is 7.13. The molecule has 0 aliphatic rings. The summed E-state index contributed by atoms with van der Waals surface area (Å²) in [6, 6.07) is 0.0822. The molecule has 0 saturated heterocycles. The Bertz CT molecular complexity index is 416. The van der Waals surface area contributed by atoms with Gasteiger partial charge in [0.25, 0.3) is 0 Å². The lowest BCUT2D eigenvalue weighted by molar-refractivity contribution is 0.310. The number of rotatable bonds is 9. The summed E-state index contributed by atoms with van der Waals surface area (Å²) in [4.78, 5) is 0. The van der Waals surface area contributed by atoms with Crippen molar-refractivity contribution < 1.29 is 0 Å². The van der Waals surface area contributed by atoms with Crippen molar-refractivity contribution in [3.8, 4) is 0 Å². The molecule has 0 aromatic rings. The van der Waals surface area contributed by atoms with Crippen molar-refractivity contribution in [3.63, 3.8) is 0 Å². The van der Waals surface area contributed by atoms with Gasteiger partial charge in [-0.2, -0.15) is 0 Å². The first kappa shape index (κ1) is 29.1. The van der Waals surface area contributed by atoms with E-state index < -0.39 is 24.2 Å². The molecule has 0 amide bonds. The Labute approximate surface area is 199 Å². The molecule has 0 atom stereocenters. The van der Waals surface area contributed by atoms with Gasteiger partial charge in [0.2, 0.25) is 0 Å². The summed E-state index contributed by atoms with van der Waals surface area (Å²) in [6.07, 6.45) is -6.93. The van der Waals surface area contributed by atoms with E-state index >= 15 is 0 Å². The third-order valence-corrected chi connectivity index (χ3v) is 88.1. The van der Waals surface area contributed by atoms with E-state index in [1.54, 1.807) is 0 Å². The van der Waals surface area contributed by atoms with Crippen LogP contribution < -0.4 is 0 Å². The Hall–Kier alpha value is 3.11. The average molecular weight is 596 g/mol. The second-order valence-corrected chi connectivity index (χ2v) is 56.4. The van der Waals surface area contributed by atoms with Gasteiger partial charge < -0.3 is 0 Å². The van der Waals surface area contributed by atoms with Gasteiger partial charge >= 0.3 is 24.2 Å². The molecule has 0 N–H and O–H groups in total. The molecule has 0 bridgehead atoms. The molecule has 26 heavy (non-hydrogen) atoms. The van der Waals surface area contributed by atoms with E-state index in [4.69, 9.17) is 88.6 Å². The molecule has 0 aromatic heterocycles. The van der Waals surface area contributed by atoms with Gasteiger partial charge in [0, 0.05) is 0 Å². The fourth-order valence-corrected chi connectivity index (χ4v) is 90.7. The first-order valence-corrected chi connectivity index (χ1v) is 27.3. The maximum absolute atomic E-state index is 6.94. The molecule has 0 saturated carbocycles. The number of hydrogen-bond acceptors (Lipinski definition) is 2. The first-order valence-electron chi connectivity index (χ1n) is 8.36. The van der Waals surface area contributed by atoms with Crippen molar-refractivity contribution in [3.05, 3.63) is 0 Å². The minimum Gasteiger partial charge on any atom is -0.296 e. The summed E-state index contributed by atoms with van der Waals surface area (Å²) >= 11 is 55.4. The minimum absolute atomic E-state index is 0.0205. The fourth-order valence-electron chi connectivity index (χ4n) is 3.19. The Morgan fingerprint density at radius 1 is 0.423 bits per heavy atom. The van der Waals surface area contributed by atoms with Crippen molar-refractivity contribution in [1.82, 2.24) is 9.13 Å². The normalized spacial score (nSPS) is 15.5. The second-order valence-electron chi connectivity index (χ2n) is 7.42. The summed E-state index contributed by atoms with van der Waals surface area (Å²) in [5.74, 6) is 0. The lowest BCUT2D eigenvalue weighted by atomic mass is 10.3. The highest BCUT2D eigenvalue weighted by atomic mass is 35.8. The second kappa shape index (κ2) is 10.2. The molecule has 0 rings (SSSR count). The third-order valence-electron chi connectivity index (χ3n) is 4.02. The third kappa shape index (κ3) is 5.47. The van der Waals surface area contributed by atoms with Gasteiger partial charge in [-0.3, -0.25) is 9.13 Å². The Morgan fingerprint density at radius 2 is 0.577 bits per heavy atom. The smallest absolute Gasteiger partial charge is 0.296 e. The van der Waals surface area contributed by atoms with E-state index in [9.17, 15) is 0 Å². The van der Waals surface area contributed by atoms with E-state index in [2.05, 4.69) is 0 Å². The van der Waals surface area contributed by atoms with Gasteiger partial charge in [-0.05, 0) is 24.2 Å². The molecule has 14 heteroatoms. The Kier molecular flexibility index (Phi) is 11.4. The van der Waals surface area contributed by atoms with E-state index in [0.29, 0.717) is 0 Å². The lowest BCUT2D eigenvalue weighted by Crippen LogP contribution is -2.81. The molecule has 2 nitrogen and oxygen atoms in total. The number of halogens is 8. The summed E-state index contributed by atoms with van der Waals surface area (Å²) in [5, 5.41) is 0. The molecule has 0 unspecified atom stereocenters. The molecule has 0 radical (unpaired) electrons. The molecular weight excluding hydrogens is 568 g/mol. The fraction of sp³-hybridized carbons (Fsp3) is 1.00. The van der Waals surface area contributed by atoms with Gasteiger partial charge in [0.1, 0.15) is 0 Å². The molecule has 0 spiro atoms. The van der Waals surface area contributed by atoms with Gasteiger partial charge in [-0.15, -0.1) is 88.6 Å².